The average Bonchev–Trinajstić information content (AvgIpc) is 2.63. The standard InChI is InChI=1S/C18H26FN3O4/c1-13(2)26-18-16(19)11-15(22(23)24)12-17(18)21-5-3-14(4-6-21)20-7-9-25-10-8-20/h11-14H,3-10H2,1-2H3. The normalized spacial score (nSPS) is 19.8. The summed E-state index contributed by atoms with van der Waals surface area (Å²) in [5, 5.41) is 11.1. The number of morpholine rings is 1. The molecule has 2 aliphatic heterocycles. The number of piperidine rings is 1. The highest BCUT2D eigenvalue weighted by molar-refractivity contribution is 5.64. The molecule has 7 nitrogen and oxygen atoms in total. The Labute approximate surface area is 152 Å². The van der Waals surface area contributed by atoms with Crippen molar-refractivity contribution in [3.63, 3.8) is 0 Å². The highest BCUT2D eigenvalue weighted by Gasteiger charge is 2.29. The van der Waals surface area contributed by atoms with Gasteiger partial charge in [0.25, 0.3) is 5.69 Å². The van der Waals surface area contributed by atoms with E-state index in [-0.39, 0.29) is 17.5 Å². The molecular formula is C18H26FN3O4. The monoisotopic (exact) mass is 367 g/mol. The largest absolute Gasteiger partial charge is 0.486 e. The number of nitro groups is 1. The molecular weight excluding hydrogens is 341 g/mol. The fourth-order valence-electron chi connectivity index (χ4n) is 3.67. The summed E-state index contributed by atoms with van der Waals surface area (Å²) >= 11 is 0. The summed E-state index contributed by atoms with van der Waals surface area (Å²) in [5.74, 6) is -0.575. The predicted molar refractivity (Wildman–Crippen MR) is 96.4 cm³/mol. The summed E-state index contributed by atoms with van der Waals surface area (Å²) in [6, 6.07) is 2.84. The van der Waals surface area contributed by atoms with Crippen molar-refractivity contribution in [1.29, 1.82) is 0 Å². The van der Waals surface area contributed by atoms with E-state index in [1.165, 1.54) is 6.07 Å². The van der Waals surface area contributed by atoms with Crippen molar-refractivity contribution in [3.05, 3.63) is 28.1 Å². The van der Waals surface area contributed by atoms with E-state index in [4.69, 9.17) is 9.47 Å². The lowest BCUT2D eigenvalue weighted by Crippen LogP contribution is -2.49. The molecule has 0 aromatic heterocycles. The van der Waals surface area contributed by atoms with E-state index in [2.05, 4.69) is 4.90 Å². The fraction of sp³-hybridized carbons (Fsp3) is 0.667. The number of ether oxygens (including phenoxy) is 2. The molecule has 2 saturated heterocycles. The van der Waals surface area contributed by atoms with Crippen LogP contribution in [0, 0.1) is 15.9 Å². The summed E-state index contributed by atoms with van der Waals surface area (Å²) < 4.78 is 25.5. The lowest BCUT2D eigenvalue weighted by molar-refractivity contribution is -0.385. The number of anilines is 1. The van der Waals surface area contributed by atoms with Crippen LogP contribution in [0.5, 0.6) is 5.75 Å². The van der Waals surface area contributed by atoms with Crippen LogP contribution in [0.1, 0.15) is 26.7 Å². The molecule has 0 radical (unpaired) electrons. The van der Waals surface area contributed by atoms with Gasteiger partial charge < -0.3 is 14.4 Å². The second-order valence-electron chi connectivity index (χ2n) is 7.07. The van der Waals surface area contributed by atoms with Crippen molar-refractivity contribution in [2.75, 3.05) is 44.3 Å². The second kappa shape index (κ2) is 8.18. The minimum absolute atomic E-state index is 0.107. The molecule has 0 atom stereocenters. The molecule has 0 bridgehead atoms. The minimum atomic E-state index is -0.682. The zero-order valence-corrected chi connectivity index (χ0v) is 15.3. The van der Waals surface area contributed by atoms with E-state index >= 15 is 0 Å². The van der Waals surface area contributed by atoms with E-state index in [0.29, 0.717) is 11.7 Å². The highest BCUT2D eigenvalue weighted by atomic mass is 19.1. The highest BCUT2D eigenvalue weighted by Crippen LogP contribution is 2.37. The Balaban J connectivity index is 1.78. The van der Waals surface area contributed by atoms with Gasteiger partial charge in [0.1, 0.15) is 0 Å². The maximum Gasteiger partial charge on any atom is 0.274 e. The number of nitro benzene ring substituents is 1. The molecule has 8 heteroatoms. The number of nitrogens with zero attached hydrogens (tertiary/aromatic N) is 3. The van der Waals surface area contributed by atoms with Gasteiger partial charge in [-0.3, -0.25) is 15.0 Å². The van der Waals surface area contributed by atoms with Gasteiger partial charge in [0, 0.05) is 38.3 Å². The molecule has 0 N–H and O–H groups in total. The molecule has 144 valence electrons. The van der Waals surface area contributed by atoms with Gasteiger partial charge in [-0.1, -0.05) is 0 Å². The van der Waals surface area contributed by atoms with Gasteiger partial charge in [0.05, 0.1) is 36.0 Å². The molecule has 2 fully saturated rings. The molecule has 1 aromatic carbocycles. The maximum absolute atomic E-state index is 14.5. The third kappa shape index (κ3) is 4.24. The smallest absolute Gasteiger partial charge is 0.274 e. The van der Waals surface area contributed by atoms with Crippen LogP contribution in [0.15, 0.2) is 12.1 Å². The van der Waals surface area contributed by atoms with Crippen molar-refractivity contribution in [2.24, 2.45) is 0 Å². The number of halogens is 1. The Morgan fingerprint density at radius 2 is 1.88 bits per heavy atom. The minimum Gasteiger partial charge on any atom is -0.486 e. The fourth-order valence-corrected chi connectivity index (χ4v) is 3.67. The molecule has 0 saturated carbocycles. The van der Waals surface area contributed by atoms with Crippen LogP contribution in [0.25, 0.3) is 0 Å². The van der Waals surface area contributed by atoms with E-state index < -0.39 is 10.7 Å². The molecule has 1 aromatic rings. The van der Waals surface area contributed by atoms with Crippen LogP contribution in [0.2, 0.25) is 0 Å². The Morgan fingerprint density at radius 3 is 2.46 bits per heavy atom. The topological polar surface area (TPSA) is 68.1 Å². The van der Waals surface area contributed by atoms with Crippen LogP contribution in [0.3, 0.4) is 0 Å². The summed E-state index contributed by atoms with van der Waals surface area (Å²) in [5.41, 5.74) is 0.231. The lowest BCUT2D eigenvalue weighted by atomic mass is 10.0. The van der Waals surface area contributed by atoms with Gasteiger partial charge in [0.2, 0.25) is 0 Å². The number of non-ortho nitro benzene ring substituents is 1. The second-order valence-corrected chi connectivity index (χ2v) is 7.07. The lowest BCUT2D eigenvalue weighted by Gasteiger charge is -2.41. The third-order valence-electron chi connectivity index (χ3n) is 4.94. The molecule has 2 heterocycles. The Morgan fingerprint density at radius 1 is 1.23 bits per heavy atom. The molecule has 0 aliphatic carbocycles. The first kappa shape index (κ1) is 18.8. The molecule has 26 heavy (non-hydrogen) atoms. The van der Waals surface area contributed by atoms with Gasteiger partial charge in [-0.05, 0) is 26.7 Å². The van der Waals surface area contributed by atoms with E-state index in [1.54, 1.807) is 0 Å². The van der Waals surface area contributed by atoms with Crippen LogP contribution >= 0.6 is 0 Å². The van der Waals surface area contributed by atoms with Crippen molar-refractivity contribution in [1.82, 2.24) is 4.90 Å². The van der Waals surface area contributed by atoms with Crippen LogP contribution < -0.4 is 9.64 Å². The van der Waals surface area contributed by atoms with Crippen LogP contribution in [0.4, 0.5) is 15.8 Å². The quantitative estimate of drug-likeness (QED) is 0.589. The molecule has 3 rings (SSSR count). The first-order chi connectivity index (χ1) is 12.5. The zero-order valence-electron chi connectivity index (χ0n) is 15.3. The number of hydrogen-bond donors (Lipinski definition) is 0. The Kier molecular flexibility index (Phi) is 5.93. The predicted octanol–water partition coefficient (Wildman–Crippen LogP) is 2.82. The SMILES string of the molecule is CC(C)Oc1c(F)cc([N+](=O)[O-])cc1N1CCC(N2CCOCC2)CC1. The summed E-state index contributed by atoms with van der Waals surface area (Å²) in [4.78, 5) is 15.0. The van der Waals surface area contributed by atoms with E-state index in [9.17, 15) is 14.5 Å². The molecule has 0 unspecified atom stereocenters. The number of rotatable bonds is 5. The molecule has 0 amide bonds. The Bertz CT molecular complexity index is 642. The van der Waals surface area contributed by atoms with Crippen molar-refractivity contribution < 1.29 is 18.8 Å². The Hall–Kier alpha value is -1.93. The summed E-state index contributed by atoms with van der Waals surface area (Å²) in [6.07, 6.45) is 1.66. The van der Waals surface area contributed by atoms with Gasteiger partial charge in [-0.25, -0.2) is 4.39 Å². The van der Waals surface area contributed by atoms with E-state index in [1.807, 2.05) is 18.7 Å². The van der Waals surface area contributed by atoms with Crippen molar-refractivity contribution >= 4 is 11.4 Å². The third-order valence-corrected chi connectivity index (χ3v) is 4.94. The van der Waals surface area contributed by atoms with E-state index in [0.717, 1.165) is 58.3 Å². The zero-order chi connectivity index (χ0) is 18.7. The van der Waals surface area contributed by atoms with Crippen molar-refractivity contribution in [3.8, 4) is 5.75 Å². The summed E-state index contributed by atoms with van der Waals surface area (Å²) in [7, 11) is 0. The first-order valence-corrected chi connectivity index (χ1v) is 9.17. The van der Waals surface area contributed by atoms with Gasteiger partial charge in [-0.2, -0.15) is 0 Å². The van der Waals surface area contributed by atoms with Crippen LogP contribution in [-0.4, -0.2) is 61.4 Å². The number of benzene rings is 1. The maximum atomic E-state index is 14.5. The molecule has 0 spiro atoms. The van der Waals surface area contributed by atoms with Crippen molar-refractivity contribution in [2.45, 2.75) is 38.8 Å². The first-order valence-electron chi connectivity index (χ1n) is 9.17. The van der Waals surface area contributed by atoms with Gasteiger partial charge in [-0.15, -0.1) is 0 Å². The van der Waals surface area contributed by atoms with Gasteiger partial charge >= 0.3 is 0 Å². The van der Waals surface area contributed by atoms with Gasteiger partial charge in [0.15, 0.2) is 11.6 Å². The number of hydrogen-bond acceptors (Lipinski definition) is 6. The average molecular weight is 367 g/mol. The summed E-state index contributed by atoms with van der Waals surface area (Å²) in [6.45, 7) is 8.49. The van der Waals surface area contributed by atoms with Crippen LogP contribution in [-0.2, 0) is 4.74 Å². The molecule has 2 aliphatic rings.